The molecule has 0 spiro atoms. The van der Waals surface area contributed by atoms with Crippen molar-refractivity contribution in [3.8, 4) is 0 Å². The molecule has 24 heavy (non-hydrogen) atoms. The van der Waals surface area contributed by atoms with Gasteiger partial charge in [-0.1, -0.05) is 0 Å². The van der Waals surface area contributed by atoms with E-state index in [1.807, 2.05) is 0 Å². The summed E-state index contributed by atoms with van der Waals surface area (Å²) in [6, 6.07) is 5.01. The molecule has 1 aromatic carbocycles. The Balaban J connectivity index is 2.18. The Kier molecular flexibility index (Phi) is 5.60. The van der Waals surface area contributed by atoms with Crippen LogP contribution in [0.1, 0.15) is 6.42 Å². The van der Waals surface area contributed by atoms with Crippen molar-refractivity contribution in [3.05, 3.63) is 24.3 Å². The van der Waals surface area contributed by atoms with E-state index in [1.165, 1.54) is 38.5 Å². The fraction of sp³-hybridized carbons (Fsp3) is 0.462. The van der Waals surface area contributed by atoms with Gasteiger partial charge in [0.25, 0.3) is 0 Å². The number of ether oxygens (including phenoxy) is 2. The highest BCUT2D eigenvalue weighted by molar-refractivity contribution is 7.94. The van der Waals surface area contributed by atoms with Crippen LogP contribution in [0.15, 0.2) is 29.2 Å². The van der Waals surface area contributed by atoms with Crippen LogP contribution in [0.25, 0.3) is 0 Å². The molecule has 1 aromatic rings. The van der Waals surface area contributed by atoms with Gasteiger partial charge in [0, 0.05) is 20.6 Å². The zero-order valence-corrected chi connectivity index (χ0v) is 14.8. The van der Waals surface area contributed by atoms with Crippen molar-refractivity contribution < 1.29 is 31.1 Å². The van der Waals surface area contributed by atoms with E-state index in [1.54, 1.807) is 0 Å². The van der Waals surface area contributed by atoms with Crippen LogP contribution in [0.2, 0.25) is 0 Å². The molecule has 9 nitrogen and oxygen atoms in total. The quantitative estimate of drug-likeness (QED) is 0.644. The van der Waals surface area contributed by atoms with Crippen LogP contribution in [0.5, 0.6) is 0 Å². The van der Waals surface area contributed by atoms with E-state index < -0.39 is 32.2 Å². The Morgan fingerprint density at radius 2 is 1.79 bits per heavy atom. The summed E-state index contributed by atoms with van der Waals surface area (Å²) >= 11 is 0. The van der Waals surface area contributed by atoms with E-state index >= 15 is 0 Å². The molecule has 1 heterocycles. The summed E-state index contributed by atoms with van der Waals surface area (Å²) in [7, 11) is -4.74. The Bertz CT molecular complexity index is 799. The zero-order chi connectivity index (χ0) is 18.0. The van der Waals surface area contributed by atoms with Crippen molar-refractivity contribution in [2.45, 2.75) is 17.6 Å². The second kappa shape index (κ2) is 7.15. The maximum Gasteiger partial charge on any atom is 0.242 e. The molecule has 1 fully saturated rings. The standard InChI is InChI=1S/C13H18N2O7S2/c1-21-13(22-2)9-14-24(19,20)11-5-3-10(4-6-11)15-12(16)7-8-23(15,17)18/h3-6,13-14H,7-9H2,1-2H3. The molecule has 0 aromatic heterocycles. The summed E-state index contributed by atoms with van der Waals surface area (Å²) < 4.78 is 60.8. The first kappa shape index (κ1) is 18.8. The van der Waals surface area contributed by atoms with Crippen molar-refractivity contribution in [1.82, 2.24) is 4.72 Å². The van der Waals surface area contributed by atoms with Gasteiger partial charge >= 0.3 is 0 Å². The van der Waals surface area contributed by atoms with E-state index in [0.717, 1.165) is 0 Å². The Labute approximate surface area is 140 Å². The molecule has 0 aliphatic carbocycles. The van der Waals surface area contributed by atoms with Crippen LogP contribution >= 0.6 is 0 Å². The lowest BCUT2D eigenvalue weighted by atomic mass is 10.3. The first-order valence-corrected chi connectivity index (χ1v) is 10.0. The third kappa shape index (κ3) is 3.92. The fourth-order valence-electron chi connectivity index (χ4n) is 2.15. The van der Waals surface area contributed by atoms with Crippen LogP contribution < -0.4 is 9.03 Å². The molecule has 1 aliphatic heterocycles. The molecule has 0 radical (unpaired) electrons. The lowest BCUT2D eigenvalue weighted by molar-refractivity contribution is -0.116. The number of rotatable bonds is 7. The summed E-state index contributed by atoms with van der Waals surface area (Å²) in [5.41, 5.74) is 0.114. The molecule has 2 rings (SSSR count). The average Bonchev–Trinajstić information content (AvgIpc) is 2.81. The second-order valence-electron chi connectivity index (χ2n) is 4.97. The molecule has 1 amide bonds. The van der Waals surface area contributed by atoms with Crippen LogP contribution in [-0.4, -0.2) is 55.6 Å². The van der Waals surface area contributed by atoms with Crippen LogP contribution in [0.4, 0.5) is 5.69 Å². The number of methoxy groups -OCH3 is 2. The summed E-state index contributed by atoms with van der Waals surface area (Å²) in [6.45, 7) is -0.0872. The van der Waals surface area contributed by atoms with Gasteiger partial charge in [-0.15, -0.1) is 0 Å². The lowest BCUT2D eigenvalue weighted by Crippen LogP contribution is -2.34. The first-order valence-electron chi connectivity index (χ1n) is 6.92. The van der Waals surface area contributed by atoms with Gasteiger partial charge in [-0.25, -0.2) is 25.9 Å². The normalized spacial score (nSPS) is 17.6. The molecule has 1 N–H and O–H groups in total. The number of nitrogens with one attached hydrogen (secondary N) is 1. The van der Waals surface area contributed by atoms with Crippen molar-refractivity contribution in [1.29, 1.82) is 0 Å². The highest BCUT2D eigenvalue weighted by Crippen LogP contribution is 2.26. The first-order chi connectivity index (χ1) is 11.2. The number of benzene rings is 1. The number of anilines is 1. The number of hydrogen-bond donors (Lipinski definition) is 1. The van der Waals surface area contributed by atoms with Gasteiger partial charge < -0.3 is 9.47 Å². The Hall–Kier alpha value is -1.53. The summed E-state index contributed by atoms with van der Waals surface area (Å²) in [4.78, 5) is 11.6. The molecule has 0 unspecified atom stereocenters. The summed E-state index contributed by atoms with van der Waals surface area (Å²) in [5.74, 6) is -0.783. The van der Waals surface area contributed by atoms with Gasteiger partial charge in [-0.05, 0) is 24.3 Å². The molecule has 1 saturated heterocycles. The van der Waals surface area contributed by atoms with Crippen molar-refractivity contribution in [3.63, 3.8) is 0 Å². The largest absolute Gasteiger partial charge is 0.355 e. The van der Waals surface area contributed by atoms with Gasteiger partial charge in [0.2, 0.25) is 26.0 Å². The molecule has 0 atom stereocenters. The predicted octanol–water partition coefficient (Wildman–Crippen LogP) is -0.350. The third-order valence-electron chi connectivity index (χ3n) is 3.43. The van der Waals surface area contributed by atoms with Gasteiger partial charge in [0.15, 0.2) is 6.29 Å². The number of hydrogen-bond acceptors (Lipinski definition) is 7. The van der Waals surface area contributed by atoms with E-state index in [9.17, 15) is 21.6 Å². The molecule has 11 heteroatoms. The zero-order valence-electron chi connectivity index (χ0n) is 13.1. The maximum absolute atomic E-state index is 12.2. The highest BCUT2D eigenvalue weighted by atomic mass is 32.2. The monoisotopic (exact) mass is 378 g/mol. The Morgan fingerprint density at radius 1 is 1.21 bits per heavy atom. The molecule has 134 valence electrons. The SMILES string of the molecule is COC(CNS(=O)(=O)c1ccc(N2C(=O)CCS2(=O)=O)cc1)OC. The van der Waals surface area contributed by atoms with E-state index in [2.05, 4.69) is 4.72 Å². The van der Waals surface area contributed by atoms with E-state index in [0.29, 0.717) is 4.31 Å². The van der Waals surface area contributed by atoms with Gasteiger partial charge in [0.1, 0.15) is 0 Å². The topological polar surface area (TPSA) is 119 Å². The molecule has 1 aliphatic rings. The average molecular weight is 378 g/mol. The lowest BCUT2D eigenvalue weighted by Gasteiger charge is -2.16. The molecule has 0 saturated carbocycles. The minimum atomic E-state index is -3.82. The second-order valence-corrected chi connectivity index (χ2v) is 8.68. The number of nitrogens with zero attached hydrogens (tertiary/aromatic N) is 1. The summed E-state index contributed by atoms with van der Waals surface area (Å²) in [6.07, 6.45) is -0.814. The van der Waals surface area contributed by atoms with Gasteiger partial charge in [-0.2, -0.15) is 0 Å². The fourth-order valence-corrected chi connectivity index (χ4v) is 4.63. The minimum absolute atomic E-state index is 0.0683. The van der Waals surface area contributed by atoms with Crippen molar-refractivity contribution in [2.75, 3.05) is 30.8 Å². The van der Waals surface area contributed by atoms with Gasteiger partial charge in [0.05, 0.1) is 22.9 Å². The molecular formula is C13H18N2O7S2. The number of sulfonamides is 2. The van der Waals surface area contributed by atoms with Crippen molar-refractivity contribution in [2.24, 2.45) is 0 Å². The predicted molar refractivity (Wildman–Crippen MR) is 85.3 cm³/mol. The Morgan fingerprint density at radius 3 is 2.25 bits per heavy atom. The van der Waals surface area contributed by atoms with Crippen LogP contribution in [0.3, 0.4) is 0 Å². The molecular weight excluding hydrogens is 360 g/mol. The summed E-state index contributed by atoms with van der Waals surface area (Å²) in [5, 5.41) is 0. The van der Waals surface area contributed by atoms with E-state index in [4.69, 9.17) is 9.47 Å². The third-order valence-corrected chi connectivity index (χ3v) is 6.56. The number of amides is 1. The number of carbonyl (C=O) groups excluding carboxylic acids is 1. The van der Waals surface area contributed by atoms with Crippen molar-refractivity contribution >= 4 is 31.6 Å². The van der Waals surface area contributed by atoms with Crippen LogP contribution in [0, 0.1) is 0 Å². The minimum Gasteiger partial charge on any atom is -0.355 e. The van der Waals surface area contributed by atoms with Gasteiger partial charge in [-0.3, -0.25) is 4.79 Å². The van der Waals surface area contributed by atoms with Crippen LogP contribution in [-0.2, 0) is 34.3 Å². The smallest absolute Gasteiger partial charge is 0.242 e. The highest BCUT2D eigenvalue weighted by Gasteiger charge is 2.36. The maximum atomic E-state index is 12.2. The van der Waals surface area contributed by atoms with E-state index in [-0.39, 0.29) is 29.3 Å². The molecule has 0 bridgehead atoms. The number of carbonyl (C=O) groups is 1.